The fourth-order valence-corrected chi connectivity index (χ4v) is 4.03. The predicted molar refractivity (Wildman–Crippen MR) is 103 cm³/mol. The predicted octanol–water partition coefficient (Wildman–Crippen LogP) is 5.80. The summed E-state index contributed by atoms with van der Waals surface area (Å²) in [4.78, 5) is 22.3. The summed E-state index contributed by atoms with van der Waals surface area (Å²) < 4.78 is 5.28. The lowest BCUT2D eigenvalue weighted by Crippen LogP contribution is -2.23. The highest BCUT2D eigenvalue weighted by atomic mass is 16.5. The first-order valence-corrected chi connectivity index (χ1v) is 10.4. The molecule has 3 heteroatoms. The van der Waals surface area contributed by atoms with Gasteiger partial charge in [0.2, 0.25) is 0 Å². The van der Waals surface area contributed by atoms with Crippen LogP contribution in [0.25, 0.3) is 0 Å². The Balaban J connectivity index is 1.90. The second-order valence-electron chi connectivity index (χ2n) is 9.13. The minimum Gasteiger partial charge on any atom is -0.465 e. The minimum atomic E-state index is -0.386. The number of carbonyl (C=O) groups excluding carboxylic acids is 2. The molecule has 25 heavy (non-hydrogen) atoms. The third-order valence-corrected chi connectivity index (χ3v) is 5.79. The number of ether oxygens (including phenoxy) is 1. The smallest absolute Gasteiger partial charge is 0.311 e. The average molecular weight is 353 g/mol. The molecule has 0 spiro atoms. The molecule has 0 radical (unpaired) electrons. The van der Waals surface area contributed by atoms with Gasteiger partial charge < -0.3 is 9.53 Å². The van der Waals surface area contributed by atoms with Gasteiger partial charge in [-0.1, -0.05) is 52.4 Å². The van der Waals surface area contributed by atoms with E-state index < -0.39 is 0 Å². The highest BCUT2D eigenvalue weighted by molar-refractivity contribution is 5.75. The van der Waals surface area contributed by atoms with Crippen LogP contribution in [0.15, 0.2) is 0 Å². The zero-order chi connectivity index (χ0) is 18.9. The van der Waals surface area contributed by atoms with E-state index in [1.807, 2.05) is 20.8 Å². The first-order valence-electron chi connectivity index (χ1n) is 10.4. The van der Waals surface area contributed by atoms with Crippen LogP contribution in [0.2, 0.25) is 0 Å². The van der Waals surface area contributed by atoms with Crippen LogP contribution in [0.4, 0.5) is 0 Å². The van der Waals surface area contributed by atoms with Gasteiger partial charge >= 0.3 is 5.97 Å². The summed E-state index contributed by atoms with van der Waals surface area (Å²) in [6, 6.07) is 0. The summed E-state index contributed by atoms with van der Waals surface area (Å²) in [7, 11) is 0. The van der Waals surface area contributed by atoms with Crippen molar-refractivity contribution < 1.29 is 14.3 Å². The van der Waals surface area contributed by atoms with Gasteiger partial charge in [-0.25, -0.2) is 0 Å². The summed E-state index contributed by atoms with van der Waals surface area (Å²) in [5.41, 5.74) is -0.386. The lowest BCUT2D eigenvalue weighted by Gasteiger charge is -2.16. The Morgan fingerprint density at radius 2 is 1.60 bits per heavy atom. The van der Waals surface area contributed by atoms with Crippen molar-refractivity contribution in [3.63, 3.8) is 0 Å². The second kappa shape index (κ2) is 11.0. The van der Waals surface area contributed by atoms with Crippen LogP contribution in [0.1, 0.15) is 92.4 Å². The molecule has 1 rings (SSSR count). The topological polar surface area (TPSA) is 43.4 Å². The first-order chi connectivity index (χ1) is 11.8. The largest absolute Gasteiger partial charge is 0.465 e. The number of esters is 1. The standard InChI is InChI=1S/C22H40O3/c1-17(14-15-23)20-18(2)19(20)13-11-9-7-6-8-10-12-16-25-21(24)22(3,4)5/h15,17-20H,6-14,16H2,1-5H3/t17-,18?,19?,20?/m0/s1. The Labute approximate surface area is 155 Å². The van der Waals surface area contributed by atoms with E-state index in [9.17, 15) is 9.59 Å². The van der Waals surface area contributed by atoms with Crippen LogP contribution in [0, 0.1) is 29.1 Å². The molecule has 0 bridgehead atoms. The molecule has 3 nitrogen and oxygen atoms in total. The van der Waals surface area contributed by atoms with Crippen molar-refractivity contribution in [2.45, 2.75) is 92.4 Å². The van der Waals surface area contributed by atoms with Crippen LogP contribution in [-0.2, 0) is 14.3 Å². The molecular formula is C22H40O3. The number of hydrogen-bond acceptors (Lipinski definition) is 3. The Kier molecular flexibility index (Phi) is 9.74. The molecule has 0 aromatic rings. The monoisotopic (exact) mass is 352 g/mol. The maximum atomic E-state index is 11.6. The van der Waals surface area contributed by atoms with E-state index in [0.717, 1.165) is 43.3 Å². The second-order valence-corrected chi connectivity index (χ2v) is 9.13. The van der Waals surface area contributed by atoms with Crippen molar-refractivity contribution in [2.24, 2.45) is 29.1 Å². The molecule has 4 atom stereocenters. The van der Waals surface area contributed by atoms with Crippen molar-refractivity contribution in [1.82, 2.24) is 0 Å². The summed E-state index contributed by atoms with van der Waals surface area (Å²) in [5.74, 6) is 2.96. The van der Waals surface area contributed by atoms with E-state index in [4.69, 9.17) is 4.74 Å². The van der Waals surface area contributed by atoms with E-state index in [-0.39, 0.29) is 11.4 Å². The molecule has 146 valence electrons. The van der Waals surface area contributed by atoms with Crippen LogP contribution in [0.5, 0.6) is 0 Å². The zero-order valence-electron chi connectivity index (χ0n) is 17.2. The maximum absolute atomic E-state index is 11.6. The lowest BCUT2D eigenvalue weighted by molar-refractivity contribution is -0.153. The molecular weight excluding hydrogens is 312 g/mol. The quantitative estimate of drug-likeness (QED) is 0.239. The molecule has 0 heterocycles. The summed E-state index contributed by atoms with van der Waals surface area (Å²) in [6.45, 7) is 10.8. The van der Waals surface area contributed by atoms with Gasteiger partial charge in [0.1, 0.15) is 6.29 Å². The Hall–Kier alpha value is -0.860. The molecule has 0 saturated heterocycles. The maximum Gasteiger partial charge on any atom is 0.311 e. The molecule has 0 aliphatic heterocycles. The molecule has 0 aromatic carbocycles. The SMILES string of the molecule is CC1C(CCCCCCCCCOC(=O)C(C)(C)C)C1[C@@H](C)CC=O. The highest BCUT2D eigenvalue weighted by Gasteiger charge is 2.48. The third-order valence-electron chi connectivity index (χ3n) is 5.79. The normalized spacial score (nSPS) is 24.0. The van der Waals surface area contributed by atoms with Crippen LogP contribution >= 0.6 is 0 Å². The number of unbranched alkanes of at least 4 members (excludes halogenated alkanes) is 6. The van der Waals surface area contributed by atoms with Gasteiger partial charge in [-0.2, -0.15) is 0 Å². The van der Waals surface area contributed by atoms with Gasteiger partial charge in [0, 0.05) is 6.42 Å². The summed E-state index contributed by atoms with van der Waals surface area (Å²) in [5, 5.41) is 0. The molecule has 1 aliphatic rings. The van der Waals surface area contributed by atoms with Gasteiger partial charge in [0.25, 0.3) is 0 Å². The van der Waals surface area contributed by atoms with Crippen molar-refractivity contribution in [2.75, 3.05) is 6.61 Å². The Morgan fingerprint density at radius 1 is 1.04 bits per heavy atom. The van der Waals surface area contributed by atoms with Gasteiger partial charge in [-0.3, -0.25) is 4.79 Å². The number of hydrogen-bond donors (Lipinski definition) is 0. The molecule has 3 unspecified atom stereocenters. The Morgan fingerprint density at radius 3 is 2.16 bits per heavy atom. The summed E-state index contributed by atoms with van der Waals surface area (Å²) in [6.07, 6.45) is 11.8. The van der Waals surface area contributed by atoms with Crippen LogP contribution in [-0.4, -0.2) is 18.9 Å². The van der Waals surface area contributed by atoms with Crippen LogP contribution in [0.3, 0.4) is 0 Å². The number of rotatable bonds is 13. The van der Waals surface area contributed by atoms with Crippen molar-refractivity contribution in [3.05, 3.63) is 0 Å². The van der Waals surface area contributed by atoms with Gasteiger partial charge in [0.15, 0.2) is 0 Å². The highest BCUT2D eigenvalue weighted by Crippen LogP contribution is 2.54. The van der Waals surface area contributed by atoms with E-state index in [0.29, 0.717) is 12.5 Å². The van der Waals surface area contributed by atoms with Gasteiger partial charge in [0.05, 0.1) is 12.0 Å². The molecule has 1 aliphatic carbocycles. The third kappa shape index (κ3) is 8.37. The van der Waals surface area contributed by atoms with Crippen molar-refractivity contribution in [3.8, 4) is 0 Å². The lowest BCUT2D eigenvalue weighted by atomic mass is 9.97. The molecule has 1 fully saturated rings. The van der Waals surface area contributed by atoms with Crippen molar-refractivity contribution in [1.29, 1.82) is 0 Å². The van der Waals surface area contributed by atoms with Crippen molar-refractivity contribution >= 4 is 12.3 Å². The molecule has 0 N–H and O–H groups in total. The van der Waals surface area contributed by atoms with E-state index in [1.54, 1.807) is 0 Å². The fourth-order valence-electron chi connectivity index (χ4n) is 4.03. The Bertz CT molecular complexity index is 397. The van der Waals surface area contributed by atoms with Crippen LogP contribution < -0.4 is 0 Å². The molecule has 0 amide bonds. The van der Waals surface area contributed by atoms with E-state index >= 15 is 0 Å². The van der Waals surface area contributed by atoms with Gasteiger partial charge in [-0.15, -0.1) is 0 Å². The fraction of sp³-hybridized carbons (Fsp3) is 0.909. The van der Waals surface area contributed by atoms with E-state index in [2.05, 4.69) is 13.8 Å². The first kappa shape index (κ1) is 22.2. The molecule has 0 aromatic heterocycles. The van der Waals surface area contributed by atoms with E-state index in [1.165, 1.54) is 38.5 Å². The molecule has 1 saturated carbocycles. The number of aldehydes is 1. The summed E-state index contributed by atoms with van der Waals surface area (Å²) >= 11 is 0. The number of carbonyl (C=O) groups is 2. The average Bonchev–Trinajstić information content (AvgIpc) is 3.18. The zero-order valence-corrected chi connectivity index (χ0v) is 17.2. The van der Waals surface area contributed by atoms with Gasteiger partial charge in [-0.05, 0) is 57.3 Å². The minimum absolute atomic E-state index is 0.0948.